The van der Waals surface area contributed by atoms with Crippen molar-refractivity contribution in [3.8, 4) is 0 Å². The second-order valence-electron chi connectivity index (χ2n) is 5.73. The summed E-state index contributed by atoms with van der Waals surface area (Å²) in [5, 5.41) is 0. The molecular formula is C14H28N4O2. The molecule has 0 unspecified atom stereocenters. The van der Waals surface area contributed by atoms with E-state index >= 15 is 0 Å². The van der Waals surface area contributed by atoms with Crippen LogP contribution in [0.3, 0.4) is 0 Å². The second kappa shape index (κ2) is 8.66. The summed E-state index contributed by atoms with van der Waals surface area (Å²) in [5.41, 5.74) is 14.1. The Kier molecular flexibility index (Phi) is 7.18. The van der Waals surface area contributed by atoms with Crippen LogP contribution < -0.4 is 17.2 Å². The highest BCUT2D eigenvalue weighted by molar-refractivity contribution is 5.72. The first-order valence-electron chi connectivity index (χ1n) is 7.65. The fourth-order valence-electron chi connectivity index (χ4n) is 3.38. The van der Waals surface area contributed by atoms with Gasteiger partial charge in [-0.05, 0) is 25.7 Å². The van der Waals surface area contributed by atoms with Gasteiger partial charge in [-0.2, -0.15) is 0 Å². The summed E-state index contributed by atoms with van der Waals surface area (Å²) in [6, 6.07) is -0.137. The van der Waals surface area contributed by atoms with E-state index in [0.29, 0.717) is 12.1 Å². The molecule has 2 rings (SSSR count). The number of hydrogen-bond acceptors (Lipinski definition) is 2. The summed E-state index contributed by atoms with van der Waals surface area (Å²) >= 11 is 0. The number of carbonyl (C=O) groups excluding carboxylic acids is 2. The van der Waals surface area contributed by atoms with Crippen LogP contribution in [0.25, 0.3) is 0 Å². The molecule has 0 bridgehead atoms. The standard InChI is InChI=1S/C13H24N2O.CH4N2O/c14-13(16)15(11-7-3-1-4-8-11)12-9-5-2-6-10-12;2-1(3)4/h11-12H,1-10H2,(H2,14,16);(H4,2,3,4). The Morgan fingerprint density at radius 1 is 0.700 bits per heavy atom. The molecule has 2 saturated carbocycles. The molecule has 0 spiro atoms. The minimum Gasteiger partial charge on any atom is -0.352 e. The van der Waals surface area contributed by atoms with E-state index in [4.69, 9.17) is 10.5 Å². The first-order chi connectivity index (χ1) is 9.52. The molecule has 2 fully saturated rings. The van der Waals surface area contributed by atoms with Crippen molar-refractivity contribution in [2.45, 2.75) is 76.3 Å². The summed E-state index contributed by atoms with van der Waals surface area (Å²) in [7, 11) is 0. The maximum Gasteiger partial charge on any atom is 0.315 e. The second-order valence-corrected chi connectivity index (χ2v) is 5.73. The van der Waals surface area contributed by atoms with Crippen LogP contribution in [-0.2, 0) is 0 Å². The molecular weight excluding hydrogens is 256 g/mol. The lowest BCUT2D eigenvalue weighted by Crippen LogP contribution is -2.51. The first-order valence-corrected chi connectivity index (χ1v) is 7.65. The molecule has 0 atom stereocenters. The van der Waals surface area contributed by atoms with Crippen LogP contribution in [0, 0.1) is 0 Å². The van der Waals surface area contributed by atoms with E-state index in [1.54, 1.807) is 0 Å². The van der Waals surface area contributed by atoms with Gasteiger partial charge in [0.2, 0.25) is 0 Å². The van der Waals surface area contributed by atoms with Crippen LogP contribution in [0.5, 0.6) is 0 Å². The van der Waals surface area contributed by atoms with E-state index in [9.17, 15) is 4.79 Å². The van der Waals surface area contributed by atoms with Crippen molar-refractivity contribution in [2.75, 3.05) is 0 Å². The van der Waals surface area contributed by atoms with Gasteiger partial charge in [0.15, 0.2) is 0 Å². The van der Waals surface area contributed by atoms with Crippen molar-refractivity contribution in [1.82, 2.24) is 4.90 Å². The predicted molar refractivity (Wildman–Crippen MR) is 78.9 cm³/mol. The van der Waals surface area contributed by atoms with Gasteiger partial charge in [0, 0.05) is 12.1 Å². The number of rotatable bonds is 2. The molecule has 116 valence electrons. The highest BCUT2D eigenvalue weighted by Crippen LogP contribution is 2.29. The zero-order valence-corrected chi connectivity index (χ0v) is 12.2. The lowest BCUT2D eigenvalue weighted by molar-refractivity contribution is 0.111. The molecule has 0 saturated heterocycles. The average Bonchev–Trinajstić information content (AvgIpc) is 2.40. The summed E-state index contributed by atoms with van der Waals surface area (Å²) in [6.07, 6.45) is 12.4. The van der Waals surface area contributed by atoms with Crippen molar-refractivity contribution < 1.29 is 9.59 Å². The van der Waals surface area contributed by atoms with Gasteiger partial charge < -0.3 is 22.1 Å². The summed E-state index contributed by atoms with van der Waals surface area (Å²) in [4.78, 5) is 22.7. The van der Waals surface area contributed by atoms with Crippen LogP contribution in [-0.4, -0.2) is 29.0 Å². The third-order valence-corrected chi connectivity index (χ3v) is 4.19. The number of nitrogens with zero attached hydrogens (tertiary/aromatic N) is 1. The molecule has 0 aromatic rings. The summed E-state index contributed by atoms with van der Waals surface area (Å²) < 4.78 is 0. The topological polar surface area (TPSA) is 115 Å². The average molecular weight is 284 g/mol. The number of carbonyl (C=O) groups is 2. The Hall–Kier alpha value is -1.46. The van der Waals surface area contributed by atoms with E-state index in [1.807, 2.05) is 4.90 Å². The molecule has 6 nitrogen and oxygen atoms in total. The SMILES string of the molecule is NC(=O)N(C1CCCCC1)C1CCCCC1.NC(N)=O. The first kappa shape index (κ1) is 16.6. The van der Waals surface area contributed by atoms with Gasteiger partial charge in [-0.3, -0.25) is 0 Å². The Labute approximate surface area is 121 Å². The normalized spacial score (nSPS) is 20.6. The molecule has 6 heteroatoms. The lowest BCUT2D eigenvalue weighted by Gasteiger charge is -2.40. The molecule has 0 aromatic heterocycles. The van der Waals surface area contributed by atoms with Crippen LogP contribution in [0.4, 0.5) is 9.59 Å². The lowest BCUT2D eigenvalue weighted by atomic mass is 9.89. The number of hydrogen-bond donors (Lipinski definition) is 3. The fraction of sp³-hybridized carbons (Fsp3) is 0.857. The highest BCUT2D eigenvalue weighted by atomic mass is 16.2. The van der Waals surface area contributed by atoms with E-state index in [0.717, 1.165) is 0 Å². The molecule has 20 heavy (non-hydrogen) atoms. The maximum absolute atomic E-state index is 11.6. The zero-order valence-electron chi connectivity index (χ0n) is 12.2. The van der Waals surface area contributed by atoms with Crippen molar-refractivity contribution >= 4 is 12.1 Å². The minimum absolute atomic E-state index is 0.182. The molecule has 0 aromatic carbocycles. The monoisotopic (exact) mass is 284 g/mol. The van der Waals surface area contributed by atoms with Gasteiger partial charge in [0.25, 0.3) is 0 Å². The molecule has 4 amide bonds. The molecule has 0 aliphatic heterocycles. The van der Waals surface area contributed by atoms with Gasteiger partial charge in [0.1, 0.15) is 0 Å². The summed E-state index contributed by atoms with van der Waals surface area (Å²) in [6.45, 7) is 0. The molecule has 6 N–H and O–H groups in total. The number of urea groups is 2. The molecule has 0 heterocycles. The largest absolute Gasteiger partial charge is 0.352 e. The third kappa shape index (κ3) is 5.67. The predicted octanol–water partition coefficient (Wildman–Crippen LogP) is 2.06. The highest BCUT2D eigenvalue weighted by Gasteiger charge is 2.30. The maximum atomic E-state index is 11.6. The molecule has 2 aliphatic carbocycles. The van der Waals surface area contributed by atoms with Gasteiger partial charge in [-0.15, -0.1) is 0 Å². The number of nitrogens with two attached hydrogens (primary N) is 3. The van der Waals surface area contributed by atoms with Crippen LogP contribution >= 0.6 is 0 Å². The van der Waals surface area contributed by atoms with Gasteiger partial charge in [-0.25, -0.2) is 9.59 Å². The van der Waals surface area contributed by atoms with Crippen molar-refractivity contribution in [1.29, 1.82) is 0 Å². The molecule has 0 radical (unpaired) electrons. The van der Waals surface area contributed by atoms with E-state index < -0.39 is 6.03 Å². The fourth-order valence-corrected chi connectivity index (χ4v) is 3.38. The smallest absolute Gasteiger partial charge is 0.315 e. The minimum atomic E-state index is -0.833. The van der Waals surface area contributed by atoms with Gasteiger partial charge >= 0.3 is 12.1 Å². The van der Waals surface area contributed by atoms with E-state index in [-0.39, 0.29) is 6.03 Å². The Morgan fingerprint density at radius 2 is 1.00 bits per heavy atom. The van der Waals surface area contributed by atoms with Gasteiger partial charge in [0.05, 0.1) is 0 Å². The number of primary amides is 3. The Bertz CT molecular complexity index is 288. The van der Waals surface area contributed by atoms with Crippen LogP contribution in [0.1, 0.15) is 64.2 Å². The van der Waals surface area contributed by atoms with E-state index in [2.05, 4.69) is 11.5 Å². The van der Waals surface area contributed by atoms with Crippen LogP contribution in [0.15, 0.2) is 0 Å². The van der Waals surface area contributed by atoms with Crippen molar-refractivity contribution in [3.05, 3.63) is 0 Å². The third-order valence-electron chi connectivity index (χ3n) is 4.19. The summed E-state index contributed by atoms with van der Waals surface area (Å²) in [5.74, 6) is 0. The van der Waals surface area contributed by atoms with Crippen molar-refractivity contribution in [3.63, 3.8) is 0 Å². The van der Waals surface area contributed by atoms with E-state index in [1.165, 1.54) is 64.2 Å². The Balaban J connectivity index is 0.000000444. The zero-order chi connectivity index (χ0) is 15.0. The van der Waals surface area contributed by atoms with Crippen molar-refractivity contribution in [2.24, 2.45) is 17.2 Å². The Morgan fingerprint density at radius 3 is 1.25 bits per heavy atom. The quantitative estimate of drug-likeness (QED) is 0.720. The number of amides is 4. The molecule has 2 aliphatic rings. The van der Waals surface area contributed by atoms with Crippen LogP contribution in [0.2, 0.25) is 0 Å². The van der Waals surface area contributed by atoms with Gasteiger partial charge in [-0.1, -0.05) is 38.5 Å².